The van der Waals surface area contributed by atoms with Crippen molar-refractivity contribution in [2.75, 3.05) is 18.1 Å². The Morgan fingerprint density at radius 1 is 1.32 bits per heavy atom. The molecule has 0 aliphatic carbocycles. The normalized spacial score (nSPS) is 18.3. The second kappa shape index (κ2) is 4.31. The zero-order chi connectivity index (χ0) is 13.5. The lowest BCUT2D eigenvalue weighted by Gasteiger charge is -2.26. The molecule has 1 unspecified atom stereocenters. The van der Waals surface area contributed by atoms with Gasteiger partial charge in [-0.05, 0) is 30.3 Å². The molecule has 100 valence electrons. The van der Waals surface area contributed by atoms with Gasteiger partial charge in [-0.15, -0.1) is 0 Å². The fourth-order valence-corrected chi connectivity index (χ4v) is 2.66. The highest BCUT2D eigenvalue weighted by Crippen LogP contribution is 2.35. The Morgan fingerprint density at radius 2 is 2.16 bits per heavy atom. The number of nitrogens with one attached hydrogen (secondary N) is 1. The second-order valence-electron chi connectivity index (χ2n) is 4.43. The van der Waals surface area contributed by atoms with Crippen LogP contribution in [0, 0.1) is 0 Å². The van der Waals surface area contributed by atoms with E-state index in [1.54, 1.807) is 30.5 Å². The third-order valence-corrected chi connectivity index (χ3v) is 4.10. The molecule has 2 heterocycles. The van der Waals surface area contributed by atoms with E-state index in [1.165, 1.54) is 6.26 Å². The first-order chi connectivity index (χ1) is 9.04. The minimum atomic E-state index is -3.21. The van der Waals surface area contributed by atoms with E-state index in [9.17, 15) is 8.42 Å². The number of hydrogen-bond donors (Lipinski definition) is 1. The Bertz CT molecular complexity index is 691. The van der Waals surface area contributed by atoms with E-state index in [4.69, 9.17) is 9.15 Å². The van der Waals surface area contributed by atoms with Crippen molar-refractivity contribution in [1.29, 1.82) is 0 Å². The van der Waals surface area contributed by atoms with Crippen LogP contribution in [0.4, 0.5) is 5.69 Å². The van der Waals surface area contributed by atoms with Crippen molar-refractivity contribution in [2.24, 2.45) is 0 Å². The van der Waals surface area contributed by atoms with E-state index >= 15 is 0 Å². The van der Waals surface area contributed by atoms with Crippen molar-refractivity contribution in [2.45, 2.75) is 11.0 Å². The van der Waals surface area contributed by atoms with Crippen LogP contribution in [0.15, 0.2) is 45.9 Å². The summed E-state index contributed by atoms with van der Waals surface area (Å²) in [5, 5.41) is 3.16. The summed E-state index contributed by atoms with van der Waals surface area (Å²) in [6.07, 6.45) is 2.58. The maximum absolute atomic E-state index is 11.5. The lowest BCUT2D eigenvalue weighted by atomic mass is 10.2. The number of ether oxygens (including phenoxy) is 1. The summed E-state index contributed by atoms with van der Waals surface area (Å²) in [5.41, 5.74) is 0.686. The van der Waals surface area contributed by atoms with Gasteiger partial charge >= 0.3 is 0 Å². The van der Waals surface area contributed by atoms with Gasteiger partial charge in [0.05, 0.1) is 23.4 Å². The molecule has 0 bridgehead atoms. The molecule has 0 saturated heterocycles. The topological polar surface area (TPSA) is 68.5 Å². The predicted octanol–water partition coefficient (Wildman–Crippen LogP) is 2.23. The summed E-state index contributed by atoms with van der Waals surface area (Å²) >= 11 is 0. The number of benzene rings is 1. The molecule has 1 aromatic carbocycles. The van der Waals surface area contributed by atoms with Crippen LogP contribution in [0.3, 0.4) is 0 Å². The summed E-state index contributed by atoms with van der Waals surface area (Å²) in [6, 6.07) is 8.44. The van der Waals surface area contributed by atoms with Crippen LogP contribution in [0.25, 0.3) is 0 Å². The van der Waals surface area contributed by atoms with Crippen molar-refractivity contribution < 1.29 is 17.6 Å². The molecule has 1 N–H and O–H groups in total. The molecule has 0 radical (unpaired) electrons. The maximum atomic E-state index is 11.5. The van der Waals surface area contributed by atoms with Gasteiger partial charge in [0, 0.05) is 6.26 Å². The molecule has 19 heavy (non-hydrogen) atoms. The van der Waals surface area contributed by atoms with Gasteiger partial charge in [-0.3, -0.25) is 0 Å². The van der Waals surface area contributed by atoms with E-state index in [0.717, 1.165) is 5.76 Å². The van der Waals surface area contributed by atoms with Crippen LogP contribution >= 0.6 is 0 Å². The number of anilines is 1. The van der Waals surface area contributed by atoms with Crippen LogP contribution in [0.5, 0.6) is 5.75 Å². The largest absolute Gasteiger partial charge is 0.478 e. The van der Waals surface area contributed by atoms with Gasteiger partial charge in [-0.1, -0.05) is 0 Å². The molecular weight excluding hydrogens is 266 g/mol. The van der Waals surface area contributed by atoms with E-state index in [2.05, 4.69) is 5.32 Å². The Hall–Kier alpha value is -1.95. The number of fused-ring (bicyclic) bond motifs is 1. The zero-order valence-electron chi connectivity index (χ0n) is 10.3. The van der Waals surface area contributed by atoms with Gasteiger partial charge in [0.2, 0.25) is 0 Å². The monoisotopic (exact) mass is 279 g/mol. The Balaban J connectivity index is 1.91. The Labute approximate surface area is 111 Å². The second-order valence-corrected chi connectivity index (χ2v) is 6.45. The van der Waals surface area contributed by atoms with Crippen molar-refractivity contribution in [3.63, 3.8) is 0 Å². The quantitative estimate of drug-likeness (QED) is 0.913. The first kappa shape index (κ1) is 12.1. The molecule has 0 spiro atoms. The molecule has 0 amide bonds. The van der Waals surface area contributed by atoms with Crippen LogP contribution in [-0.2, 0) is 9.84 Å². The van der Waals surface area contributed by atoms with Gasteiger partial charge in [0.25, 0.3) is 0 Å². The SMILES string of the molecule is CS(=O)(=O)c1ccc2c(c1)NCC(c1ccco1)O2. The number of hydrogen-bond acceptors (Lipinski definition) is 5. The highest BCUT2D eigenvalue weighted by atomic mass is 32.2. The van der Waals surface area contributed by atoms with Crippen molar-refractivity contribution in [1.82, 2.24) is 0 Å². The van der Waals surface area contributed by atoms with Gasteiger partial charge < -0.3 is 14.5 Å². The molecule has 1 aliphatic heterocycles. The molecule has 5 nitrogen and oxygen atoms in total. The molecule has 3 rings (SSSR count). The first-order valence-electron chi connectivity index (χ1n) is 5.82. The summed E-state index contributed by atoms with van der Waals surface area (Å²) < 4.78 is 34.1. The van der Waals surface area contributed by atoms with Gasteiger partial charge in [0.1, 0.15) is 11.5 Å². The first-order valence-corrected chi connectivity index (χ1v) is 7.71. The van der Waals surface area contributed by atoms with Gasteiger partial charge in [0.15, 0.2) is 15.9 Å². The smallest absolute Gasteiger partial charge is 0.175 e. The minimum absolute atomic E-state index is 0.202. The van der Waals surface area contributed by atoms with Crippen LogP contribution in [-0.4, -0.2) is 21.2 Å². The number of sulfone groups is 1. The lowest BCUT2D eigenvalue weighted by Crippen LogP contribution is -2.23. The number of furan rings is 1. The summed E-state index contributed by atoms with van der Waals surface area (Å²) in [5.74, 6) is 1.37. The summed E-state index contributed by atoms with van der Waals surface area (Å²) in [7, 11) is -3.21. The fourth-order valence-electron chi connectivity index (χ4n) is 2.01. The Kier molecular flexibility index (Phi) is 2.74. The van der Waals surface area contributed by atoms with Crippen molar-refractivity contribution in [3.8, 4) is 5.75 Å². The van der Waals surface area contributed by atoms with E-state index < -0.39 is 9.84 Å². The summed E-state index contributed by atoms with van der Waals surface area (Å²) in [6.45, 7) is 0.535. The molecule has 0 fully saturated rings. The minimum Gasteiger partial charge on any atom is -0.478 e. The highest BCUT2D eigenvalue weighted by Gasteiger charge is 2.24. The molecule has 2 aromatic rings. The molecule has 0 saturated carbocycles. The highest BCUT2D eigenvalue weighted by molar-refractivity contribution is 7.90. The molecule has 1 atom stereocenters. The van der Waals surface area contributed by atoms with E-state index in [1.807, 2.05) is 6.07 Å². The Morgan fingerprint density at radius 3 is 2.84 bits per heavy atom. The van der Waals surface area contributed by atoms with E-state index in [-0.39, 0.29) is 11.0 Å². The van der Waals surface area contributed by atoms with Crippen molar-refractivity contribution >= 4 is 15.5 Å². The predicted molar refractivity (Wildman–Crippen MR) is 70.1 cm³/mol. The number of rotatable bonds is 2. The molecule has 1 aliphatic rings. The van der Waals surface area contributed by atoms with Gasteiger partial charge in [-0.25, -0.2) is 8.42 Å². The molecule has 6 heteroatoms. The van der Waals surface area contributed by atoms with Crippen LogP contribution < -0.4 is 10.1 Å². The average Bonchev–Trinajstić information content (AvgIpc) is 2.90. The third kappa shape index (κ3) is 2.31. The van der Waals surface area contributed by atoms with Crippen molar-refractivity contribution in [3.05, 3.63) is 42.4 Å². The van der Waals surface area contributed by atoms with E-state index in [0.29, 0.717) is 18.0 Å². The third-order valence-electron chi connectivity index (χ3n) is 2.99. The van der Waals surface area contributed by atoms with Crippen LogP contribution in [0.1, 0.15) is 11.9 Å². The van der Waals surface area contributed by atoms with Crippen LogP contribution in [0.2, 0.25) is 0 Å². The maximum Gasteiger partial charge on any atom is 0.175 e. The lowest BCUT2D eigenvalue weighted by molar-refractivity contribution is 0.181. The van der Waals surface area contributed by atoms with Gasteiger partial charge in [-0.2, -0.15) is 0 Å². The average molecular weight is 279 g/mol. The summed E-state index contributed by atoms with van der Waals surface area (Å²) in [4.78, 5) is 0.277. The molecule has 1 aromatic heterocycles. The standard InChI is InChI=1S/C13H13NO4S/c1-19(15,16)9-4-5-11-10(7-9)14-8-13(18-11)12-3-2-6-17-12/h2-7,13-14H,8H2,1H3. The molecular formula is C13H13NO4S. The fraction of sp³-hybridized carbons (Fsp3) is 0.231. The zero-order valence-corrected chi connectivity index (χ0v) is 11.1.